The van der Waals surface area contributed by atoms with Crippen LogP contribution in [0.4, 0.5) is 4.39 Å². The van der Waals surface area contributed by atoms with Gasteiger partial charge in [0.1, 0.15) is 17.3 Å². The summed E-state index contributed by atoms with van der Waals surface area (Å²) in [4.78, 5) is 13.4. The van der Waals surface area contributed by atoms with Gasteiger partial charge in [0.2, 0.25) is 0 Å². The molecule has 0 radical (unpaired) electrons. The number of benzene rings is 2. The summed E-state index contributed by atoms with van der Waals surface area (Å²) < 4.78 is 13.2. The average Bonchev–Trinajstić information content (AvgIpc) is 2.61. The van der Waals surface area contributed by atoms with Crippen molar-refractivity contribution in [1.29, 1.82) is 0 Å². The van der Waals surface area contributed by atoms with E-state index in [0.717, 1.165) is 17.0 Å². The molecule has 0 unspecified atom stereocenters. The molecule has 0 amide bonds. The Balaban J connectivity index is 1.81. The first-order chi connectivity index (χ1) is 11.7. The molecule has 4 nitrogen and oxygen atoms in total. The summed E-state index contributed by atoms with van der Waals surface area (Å²) in [5.74, 6) is -0.151. The van der Waals surface area contributed by atoms with Crippen LogP contribution in [0.25, 0.3) is 33.7 Å². The monoisotopic (exact) mass is 317 g/mol. The van der Waals surface area contributed by atoms with Gasteiger partial charge in [-0.25, -0.2) is 19.3 Å². The van der Waals surface area contributed by atoms with Crippen LogP contribution in [0.3, 0.4) is 0 Å². The van der Waals surface area contributed by atoms with Gasteiger partial charge in [-0.3, -0.25) is 0 Å². The number of para-hydroxylation sites is 1. The number of pyridine rings is 1. The average molecular weight is 317 g/mol. The number of nitrogens with zero attached hydrogens (tertiary/aromatic N) is 3. The van der Waals surface area contributed by atoms with Crippen LogP contribution in [-0.2, 0) is 0 Å². The third kappa shape index (κ3) is 2.56. The van der Waals surface area contributed by atoms with E-state index in [1.807, 2.05) is 24.3 Å². The van der Waals surface area contributed by atoms with Crippen LogP contribution >= 0.6 is 0 Å². The minimum atomic E-state index is -0.495. The zero-order chi connectivity index (χ0) is 16.5. The largest absolute Gasteiger partial charge is 0.507 e. The summed E-state index contributed by atoms with van der Waals surface area (Å²) in [6.07, 6.45) is 1.75. The molecule has 0 saturated carbocycles. The first-order valence-corrected chi connectivity index (χ1v) is 7.39. The summed E-state index contributed by atoms with van der Waals surface area (Å²) in [6, 6.07) is 16.9. The molecule has 24 heavy (non-hydrogen) atoms. The Hall–Kier alpha value is -3.34. The van der Waals surface area contributed by atoms with Crippen LogP contribution in [0.15, 0.2) is 66.9 Å². The molecule has 0 saturated heterocycles. The number of hydrogen-bond acceptors (Lipinski definition) is 4. The zero-order valence-electron chi connectivity index (χ0n) is 12.5. The van der Waals surface area contributed by atoms with E-state index < -0.39 is 5.82 Å². The van der Waals surface area contributed by atoms with E-state index in [-0.39, 0.29) is 5.75 Å². The van der Waals surface area contributed by atoms with Crippen molar-refractivity contribution in [2.75, 3.05) is 0 Å². The van der Waals surface area contributed by atoms with E-state index in [4.69, 9.17) is 0 Å². The minimum absolute atomic E-state index is 0.154. The summed E-state index contributed by atoms with van der Waals surface area (Å²) in [5.41, 5.74) is 2.40. The van der Waals surface area contributed by atoms with Crippen molar-refractivity contribution in [2.45, 2.75) is 0 Å². The van der Waals surface area contributed by atoms with Crippen molar-refractivity contribution < 1.29 is 9.50 Å². The molecule has 2 aromatic carbocycles. The van der Waals surface area contributed by atoms with Crippen LogP contribution in [0.5, 0.6) is 5.75 Å². The highest BCUT2D eigenvalue weighted by molar-refractivity contribution is 5.79. The number of phenolic OH excluding ortho intramolecular Hbond substituents is 1. The molecule has 0 aliphatic rings. The Kier molecular flexibility index (Phi) is 3.39. The number of halogens is 1. The zero-order valence-corrected chi connectivity index (χ0v) is 12.5. The van der Waals surface area contributed by atoms with Crippen LogP contribution in [-0.4, -0.2) is 20.1 Å². The van der Waals surface area contributed by atoms with Crippen LogP contribution in [0.2, 0.25) is 0 Å². The first-order valence-electron chi connectivity index (χ1n) is 7.39. The highest BCUT2D eigenvalue weighted by Gasteiger charge is 2.10. The number of rotatable bonds is 2. The Morgan fingerprint density at radius 1 is 0.833 bits per heavy atom. The minimum Gasteiger partial charge on any atom is -0.507 e. The Labute approximate surface area is 137 Å². The fourth-order valence-corrected chi connectivity index (χ4v) is 2.53. The number of aromatic hydroxyl groups is 1. The number of hydrogen-bond donors (Lipinski definition) is 1. The lowest BCUT2D eigenvalue weighted by atomic mass is 10.1. The van der Waals surface area contributed by atoms with Gasteiger partial charge in [0.15, 0.2) is 5.82 Å². The van der Waals surface area contributed by atoms with E-state index in [9.17, 15) is 9.50 Å². The van der Waals surface area contributed by atoms with Crippen LogP contribution in [0.1, 0.15) is 0 Å². The number of fused-ring (bicyclic) bond motifs is 1. The number of phenols is 1. The normalized spacial score (nSPS) is 10.9. The molecule has 0 fully saturated rings. The molecule has 2 heterocycles. The van der Waals surface area contributed by atoms with E-state index in [1.165, 1.54) is 12.1 Å². The SMILES string of the molecule is Oc1cc(F)ccc1-c1cccc(-c2ncc3ccccc3n2)n1. The van der Waals surface area contributed by atoms with Gasteiger partial charge in [-0.2, -0.15) is 0 Å². The van der Waals surface area contributed by atoms with Gasteiger partial charge in [0, 0.05) is 23.2 Å². The van der Waals surface area contributed by atoms with Gasteiger partial charge >= 0.3 is 0 Å². The predicted octanol–water partition coefficient (Wildman–Crippen LogP) is 4.20. The van der Waals surface area contributed by atoms with Crippen molar-refractivity contribution in [3.8, 4) is 28.5 Å². The first kappa shape index (κ1) is 14.3. The van der Waals surface area contributed by atoms with Gasteiger partial charge in [0.25, 0.3) is 0 Å². The van der Waals surface area contributed by atoms with E-state index in [2.05, 4.69) is 15.0 Å². The maximum atomic E-state index is 13.2. The lowest BCUT2D eigenvalue weighted by Gasteiger charge is -2.06. The van der Waals surface area contributed by atoms with E-state index in [1.54, 1.807) is 24.4 Å². The quantitative estimate of drug-likeness (QED) is 0.602. The van der Waals surface area contributed by atoms with Crippen LogP contribution in [0, 0.1) is 5.82 Å². The van der Waals surface area contributed by atoms with Crippen molar-refractivity contribution in [3.63, 3.8) is 0 Å². The Bertz CT molecular complexity index is 1050. The maximum Gasteiger partial charge on any atom is 0.178 e. The lowest BCUT2D eigenvalue weighted by molar-refractivity contribution is 0.471. The summed E-state index contributed by atoms with van der Waals surface area (Å²) >= 11 is 0. The standard InChI is InChI=1S/C19H12FN3O/c20-13-8-9-14(18(24)10-13)16-6-3-7-17(22-16)19-21-11-12-4-1-2-5-15(12)23-19/h1-11,24H. The van der Waals surface area contributed by atoms with Crippen LogP contribution < -0.4 is 0 Å². The molecule has 4 rings (SSSR count). The van der Waals surface area contributed by atoms with Gasteiger partial charge in [-0.1, -0.05) is 24.3 Å². The Morgan fingerprint density at radius 3 is 2.54 bits per heavy atom. The third-order valence-corrected chi connectivity index (χ3v) is 3.70. The molecule has 4 aromatic rings. The van der Waals surface area contributed by atoms with Gasteiger partial charge in [0.05, 0.1) is 11.2 Å². The van der Waals surface area contributed by atoms with E-state index in [0.29, 0.717) is 22.8 Å². The molecule has 5 heteroatoms. The molecule has 116 valence electrons. The highest BCUT2D eigenvalue weighted by Crippen LogP contribution is 2.29. The molecule has 0 atom stereocenters. The van der Waals surface area contributed by atoms with Crippen molar-refractivity contribution in [3.05, 3.63) is 72.7 Å². The molecular formula is C19H12FN3O. The maximum absolute atomic E-state index is 13.2. The van der Waals surface area contributed by atoms with Gasteiger partial charge in [-0.15, -0.1) is 0 Å². The van der Waals surface area contributed by atoms with Crippen molar-refractivity contribution >= 4 is 10.9 Å². The fourth-order valence-electron chi connectivity index (χ4n) is 2.53. The summed E-state index contributed by atoms with van der Waals surface area (Å²) in [5, 5.41) is 10.9. The molecule has 0 bridgehead atoms. The smallest absolute Gasteiger partial charge is 0.178 e. The summed E-state index contributed by atoms with van der Waals surface area (Å²) in [7, 11) is 0. The van der Waals surface area contributed by atoms with Crippen molar-refractivity contribution in [1.82, 2.24) is 15.0 Å². The number of aromatic nitrogens is 3. The lowest BCUT2D eigenvalue weighted by Crippen LogP contribution is -1.94. The highest BCUT2D eigenvalue weighted by atomic mass is 19.1. The molecule has 0 aliphatic heterocycles. The third-order valence-electron chi connectivity index (χ3n) is 3.70. The fraction of sp³-hybridized carbons (Fsp3) is 0. The predicted molar refractivity (Wildman–Crippen MR) is 89.8 cm³/mol. The Morgan fingerprint density at radius 2 is 1.67 bits per heavy atom. The second-order valence-electron chi connectivity index (χ2n) is 5.32. The van der Waals surface area contributed by atoms with Gasteiger partial charge < -0.3 is 5.11 Å². The van der Waals surface area contributed by atoms with Crippen molar-refractivity contribution in [2.24, 2.45) is 0 Å². The molecule has 0 spiro atoms. The topological polar surface area (TPSA) is 58.9 Å². The molecular weight excluding hydrogens is 305 g/mol. The second-order valence-corrected chi connectivity index (χ2v) is 5.32. The summed E-state index contributed by atoms with van der Waals surface area (Å²) in [6.45, 7) is 0. The van der Waals surface area contributed by atoms with E-state index >= 15 is 0 Å². The second kappa shape index (κ2) is 5.70. The molecule has 0 aliphatic carbocycles. The molecule has 1 N–H and O–H groups in total. The van der Waals surface area contributed by atoms with Gasteiger partial charge in [-0.05, 0) is 30.3 Å². The molecule has 2 aromatic heterocycles.